The molecule has 1 atom stereocenters. The first-order valence-electron chi connectivity index (χ1n) is 8.89. The van der Waals surface area contributed by atoms with Crippen molar-refractivity contribution in [3.8, 4) is 0 Å². The molecule has 0 radical (unpaired) electrons. The van der Waals surface area contributed by atoms with Gasteiger partial charge in [0.2, 0.25) is 15.9 Å². The predicted octanol–water partition coefficient (Wildman–Crippen LogP) is 4.04. The van der Waals surface area contributed by atoms with Gasteiger partial charge in [0.15, 0.2) is 0 Å². The Morgan fingerprint density at radius 2 is 1.75 bits per heavy atom. The van der Waals surface area contributed by atoms with Crippen molar-refractivity contribution in [2.45, 2.75) is 24.3 Å². The highest BCUT2D eigenvalue weighted by Crippen LogP contribution is 2.24. The molecule has 0 fully saturated rings. The van der Waals surface area contributed by atoms with Crippen molar-refractivity contribution < 1.29 is 13.2 Å². The van der Waals surface area contributed by atoms with E-state index in [9.17, 15) is 13.2 Å². The van der Waals surface area contributed by atoms with Crippen molar-refractivity contribution in [1.82, 2.24) is 10.0 Å². The van der Waals surface area contributed by atoms with Crippen LogP contribution in [0.15, 0.2) is 71.6 Å². The van der Waals surface area contributed by atoms with E-state index < -0.39 is 10.0 Å². The van der Waals surface area contributed by atoms with E-state index in [1.165, 1.54) is 12.1 Å². The Kier molecular flexibility index (Phi) is 6.34. The minimum Gasteiger partial charge on any atom is -0.350 e. The summed E-state index contributed by atoms with van der Waals surface area (Å²) in [5.41, 5.74) is 1.02. The SMILES string of the molecule is CC(NC(=O)CCNS(=O)(=O)c1cccc(Cl)c1)c1cccc2ccccc12. The summed E-state index contributed by atoms with van der Waals surface area (Å²) in [6, 6.07) is 19.7. The molecule has 0 aliphatic carbocycles. The van der Waals surface area contributed by atoms with Crippen molar-refractivity contribution in [2.24, 2.45) is 0 Å². The van der Waals surface area contributed by atoms with Crippen molar-refractivity contribution in [3.63, 3.8) is 0 Å². The summed E-state index contributed by atoms with van der Waals surface area (Å²) in [5.74, 6) is -0.228. The molecular weight excluding hydrogens is 396 g/mol. The number of rotatable bonds is 7. The minimum atomic E-state index is -3.70. The summed E-state index contributed by atoms with van der Waals surface area (Å²) < 4.78 is 26.9. The molecule has 1 amide bonds. The number of carbonyl (C=O) groups excluding carboxylic acids is 1. The third-order valence-corrected chi connectivity index (χ3v) is 6.11. The Balaban J connectivity index is 1.58. The quantitative estimate of drug-likeness (QED) is 0.610. The molecule has 3 aromatic rings. The Bertz CT molecular complexity index is 1090. The number of hydrogen-bond acceptors (Lipinski definition) is 3. The Hall–Kier alpha value is -2.41. The lowest BCUT2D eigenvalue weighted by Crippen LogP contribution is -2.32. The van der Waals surface area contributed by atoms with Crippen LogP contribution >= 0.6 is 11.6 Å². The molecule has 7 heteroatoms. The number of fused-ring (bicyclic) bond motifs is 1. The second-order valence-electron chi connectivity index (χ2n) is 6.46. The smallest absolute Gasteiger partial charge is 0.240 e. The van der Waals surface area contributed by atoms with Gasteiger partial charge in [0.25, 0.3) is 0 Å². The Labute approximate surface area is 169 Å². The summed E-state index contributed by atoms with van der Waals surface area (Å²) in [6.07, 6.45) is 0.0366. The van der Waals surface area contributed by atoms with Crippen molar-refractivity contribution >= 4 is 38.3 Å². The lowest BCUT2D eigenvalue weighted by molar-refractivity contribution is -0.121. The minimum absolute atomic E-state index is 0.00291. The number of hydrogen-bond donors (Lipinski definition) is 2. The van der Waals surface area contributed by atoms with Gasteiger partial charge in [-0.2, -0.15) is 0 Å². The van der Waals surface area contributed by atoms with Crippen LogP contribution in [0.5, 0.6) is 0 Å². The second-order valence-corrected chi connectivity index (χ2v) is 8.67. The number of amides is 1. The molecular formula is C21H21ClN2O3S. The van der Waals surface area contributed by atoms with Crippen LogP contribution in [0.25, 0.3) is 10.8 Å². The van der Waals surface area contributed by atoms with Crippen LogP contribution in [0.4, 0.5) is 0 Å². The van der Waals surface area contributed by atoms with E-state index in [1.807, 2.05) is 49.4 Å². The van der Waals surface area contributed by atoms with E-state index in [0.717, 1.165) is 16.3 Å². The van der Waals surface area contributed by atoms with Crippen molar-refractivity contribution in [1.29, 1.82) is 0 Å². The topological polar surface area (TPSA) is 75.3 Å². The van der Waals surface area contributed by atoms with Gasteiger partial charge in [-0.15, -0.1) is 0 Å². The van der Waals surface area contributed by atoms with E-state index in [0.29, 0.717) is 5.02 Å². The fourth-order valence-electron chi connectivity index (χ4n) is 3.04. The summed E-state index contributed by atoms with van der Waals surface area (Å²) in [4.78, 5) is 12.3. The van der Waals surface area contributed by atoms with Gasteiger partial charge in [-0.1, -0.05) is 60.1 Å². The largest absolute Gasteiger partial charge is 0.350 e. The molecule has 0 saturated heterocycles. The molecule has 0 spiro atoms. The third kappa shape index (κ3) is 4.90. The highest BCUT2D eigenvalue weighted by molar-refractivity contribution is 7.89. The van der Waals surface area contributed by atoms with Crippen molar-refractivity contribution in [3.05, 3.63) is 77.3 Å². The van der Waals surface area contributed by atoms with Gasteiger partial charge in [0, 0.05) is 18.0 Å². The zero-order chi connectivity index (χ0) is 20.1. The predicted molar refractivity (Wildman–Crippen MR) is 112 cm³/mol. The molecule has 0 aliphatic rings. The molecule has 0 heterocycles. The molecule has 5 nitrogen and oxygen atoms in total. The lowest BCUT2D eigenvalue weighted by atomic mass is 9.99. The van der Waals surface area contributed by atoms with Crippen LogP contribution in [-0.4, -0.2) is 20.9 Å². The van der Waals surface area contributed by atoms with Gasteiger partial charge >= 0.3 is 0 Å². The fourth-order valence-corrected chi connectivity index (χ4v) is 4.37. The van der Waals surface area contributed by atoms with Gasteiger partial charge in [0.05, 0.1) is 10.9 Å². The van der Waals surface area contributed by atoms with Crippen LogP contribution in [0.1, 0.15) is 24.9 Å². The first kappa shape index (κ1) is 20.3. The number of benzene rings is 3. The summed E-state index contributed by atoms with van der Waals surface area (Å²) in [6.45, 7) is 1.92. The molecule has 1 unspecified atom stereocenters. The van der Waals surface area contributed by atoms with Crippen LogP contribution in [0, 0.1) is 0 Å². The van der Waals surface area contributed by atoms with Gasteiger partial charge in [0.1, 0.15) is 0 Å². The van der Waals surface area contributed by atoms with Gasteiger partial charge in [-0.05, 0) is 41.5 Å². The van der Waals surface area contributed by atoms with Crippen LogP contribution in [0.2, 0.25) is 5.02 Å². The normalized spacial score (nSPS) is 12.6. The van der Waals surface area contributed by atoms with Gasteiger partial charge < -0.3 is 5.32 Å². The third-order valence-electron chi connectivity index (χ3n) is 4.42. The molecule has 0 bridgehead atoms. The summed E-state index contributed by atoms with van der Waals surface area (Å²) in [7, 11) is -3.70. The zero-order valence-corrected chi connectivity index (χ0v) is 16.9. The molecule has 28 heavy (non-hydrogen) atoms. The average Bonchev–Trinajstić information content (AvgIpc) is 2.67. The fraction of sp³-hybridized carbons (Fsp3) is 0.190. The number of halogens is 1. The van der Waals surface area contributed by atoms with Crippen molar-refractivity contribution in [2.75, 3.05) is 6.54 Å². The molecule has 0 aromatic heterocycles. The van der Waals surface area contributed by atoms with Gasteiger partial charge in [-0.25, -0.2) is 13.1 Å². The first-order chi connectivity index (χ1) is 13.4. The highest BCUT2D eigenvalue weighted by Gasteiger charge is 2.16. The average molecular weight is 417 g/mol. The lowest BCUT2D eigenvalue weighted by Gasteiger charge is -2.17. The zero-order valence-electron chi connectivity index (χ0n) is 15.4. The second kappa shape index (κ2) is 8.73. The Morgan fingerprint density at radius 1 is 1.04 bits per heavy atom. The maximum atomic E-state index is 12.3. The van der Waals surface area contributed by atoms with Crippen LogP contribution < -0.4 is 10.0 Å². The summed E-state index contributed by atoms with van der Waals surface area (Å²) in [5, 5.41) is 5.46. The number of nitrogens with one attached hydrogen (secondary N) is 2. The van der Waals surface area contributed by atoms with Crippen LogP contribution in [-0.2, 0) is 14.8 Å². The summed E-state index contributed by atoms with van der Waals surface area (Å²) >= 11 is 5.84. The van der Waals surface area contributed by atoms with Crippen LogP contribution in [0.3, 0.4) is 0 Å². The highest BCUT2D eigenvalue weighted by atomic mass is 35.5. The molecule has 146 valence electrons. The van der Waals surface area contributed by atoms with Gasteiger partial charge in [-0.3, -0.25) is 4.79 Å². The molecule has 2 N–H and O–H groups in total. The number of sulfonamides is 1. The van der Waals surface area contributed by atoms with E-state index in [2.05, 4.69) is 10.0 Å². The van der Waals surface area contributed by atoms with E-state index in [-0.39, 0.29) is 29.8 Å². The molecule has 3 aromatic carbocycles. The van der Waals surface area contributed by atoms with E-state index in [1.54, 1.807) is 12.1 Å². The van der Waals surface area contributed by atoms with E-state index in [4.69, 9.17) is 11.6 Å². The molecule has 0 aliphatic heterocycles. The first-order valence-corrected chi connectivity index (χ1v) is 10.8. The maximum Gasteiger partial charge on any atom is 0.240 e. The molecule has 3 rings (SSSR count). The monoisotopic (exact) mass is 416 g/mol. The molecule has 0 saturated carbocycles. The standard InChI is InChI=1S/C21H21ClN2O3S/c1-15(19-11-4-7-16-6-2-3-10-20(16)19)24-21(25)12-13-23-28(26,27)18-9-5-8-17(22)14-18/h2-11,14-15,23H,12-13H2,1H3,(H,24,25). The Morgan fingerprint density at radius 3 is 2.54 bits per heavy atom. The number of carbonyl (C=O) groups is 1. The van der Waals surface area contributed by atoms with E-state index >= 15 is 0 Å². The maximum absolute atomic E-state index is 12.3.